The summed E-state index contributed by atoms with van der Waals surface area (Å²) in [5.41, 5.74) is 0. The molecule has 4 heteroatoms. The molecule has 0 bridgehead atoms. The fourth-order valence-electron chi connectivity index (χ4n) is 3.13. The van der Waals surface area contributed by atoms with E-state index in [4.69, 9.17) is 0 Å². The molecule has 1 aromatic rings. The Balaban J connectivity index is 1.59. The SMILES string of the molecule is CC1CN(Cc2cnc(C3CCCC3)s2)CCN1. The average Bonchev–Trinajstić information content (AvgIpc) is 2.98. The van der Waals surface area contributed by atoms with E-state index in [0.29, 0.717) is 6.04 Å². The Morgan fingerprint density at radius 2 is 2.28 bits per heavy atom. The molecule has 1 atom stereocenters. The Morgan fingerprint density at radius 1 is 1.44 bits per heavy atom. The molecule has 1 aliphatic carbocycles. The number of hydrogen-bond acceptors (Lipinski definition) is 4. The molecule has 2 aliphatic rings. The van der Waals surface area contributed by atoms with Crippen LogP contribution in [0.1, 0.15) is 48.4 Å². The van der Waals surface area contributed by atoms with Crippen LogP contribution >= 0.6 is 11.3 Å². The maximum atomic E-state index is 4.66. The minimum absolute atomic E-state index is 0.626. The van der Waals surface area contributed by atoms with Crippen LogP contribution < -0.4 is 5.32 Å². The van der Waals surface area contributed by atoms with Gasteiger partial charge in [-0.15, -0.1) is 11.3 Å². The molecule has 0 radical (unpaired) electrons. The van der Waals surface area contributed by atoms with Gasteiger partial charge in [-0.1, -0.05) is 12.8 Å². The Kier molecular flexibility index (Phi) is 3.97. The van der Waals surface area contributed by atoms with Crippen molar-refractivity contribution in [3.8, 4) is 0 Å². The van der Waals surface area contributed by atoms with Gasteiger partial charge in [0.25, 0.3) is 0 Å². The maximum Gasteiger partial charge on any atom is 0.0959 e. The number of aromatic nitrogens is 1. The number of piperazine rings is 1. The number of rotatable bonds is 3. The predicted octanol–water partition coefficient (Wildman–Crippen LogP) is 2.59. The fraction of sp³-hybridized carbons (Fsp3) is 0.786. The third kappa shape index (κ3) is 2.92. The second-order valence-electron chi connectivity index (χ2n) is 5.74. The van der Waals surface area contributed by atoms with E-state index in [1.54, 1.807) is 0 Å². The van der Waals surface area contributed by atoms with Gasteiger partial charge in [0, 0.05) is 49.2 Å². The molecule has 2 fully saturated rings. The first-order valence-electron chi connectivity index (χ1n) is 7.21. The van der Waals surface area contributed by atoms with Crippen LogP contribution in [0.3, 0.4) is 0 Å². The van der Waals surface area contributed by atoms with Crippen molar-refractivity contribution in [1.29, 1.82) is 0 Å². The largest absolute Gasteiger partial charge is 0.312 e. The minimum Gasteiger partial charge on any atom is -0.312 e. The molecular weight excluding hydrogens is 242 g/mol. The van der Waals surface area contributed by atoms with Crippen LogP contribution in [0.15, 0.2) is 6.20 Å². The van der Waals surface area contributed by atoms with Crippen molar-refractivity contribution in [3.05, 3.63) is 16.1 Å². The Labute approximate surface area is 114 Å². The first kappa shape index (κ1) is 12.6. The quantitative estimate of drug-likeness (QED) is 0.910. The third-order valence-electron chi connectivity index (χ3n) is 4.11. The van der Waals surface area contributed by atoms with Gasteiger partial charge < -0.3 is 5.32 Å². The number of hydrogen-bond donors (Lipinski definition) is 1. The van der Waals surface area contributed by atoms with Crippen molar-refractivity contribution in [2.45, 2.75) is 51.1 Å². The van der Waals surface area contributed by atoms with Crippen molar-refractivity contribution in [2.75, 3.05) is 19.6 Å². The highest BCUT2D eigenvalue weighted by atomic mass is 32.1. The van der Waals surface area contributed by atoms with Crippen LogP contribution in [-0.2, 0) is 6.54 Å². The van der Waals surface area contributed by atoms with Crippen LogP contribution in [0.2, 0.25) is 0 Å². The van der Waals surface area contributed by atoms with Crippen molar-refractivity contribution in [1.82, 2.24) is 15.2 Å². The normalized spacial score (nSPS) is 26.8. The number of thiazole rings is 1. The Bertz CT molecular complexity index is 384. The van der Waals surface area contributed by atoms with E-state index in [1.807, 2.05) is 11.3 Å². The predicted molar refractivity (Wildman–Crippen MR) is 76.1 cm³/mol. The van der Waals surface area contributed by atoms with Gasteiger partial charge in [0.15, 0.2) is 0 Å². The molecule has 18 heavy (non-hydrogen) atoms. The monoisotopic (exact) mass is 265 g/mol. The smallest absolute Gasteiger partial charge is 0.0959 e. The zero-order valence-electron chi connectivity index (χ0n) is 11.2. The van der Waals surface area contributed by atoms with E-state index in [-0.39, 0.29) is 0 Å². The molecular formula is C14H23N3S. The standard InChI is InChI=1S/C14H23N3S/c1-11-9-17(7-6-15-11)10-13-8-16-14(18-13)12-4-2-3-5-12/h8,11-12,15H,2-7,9-10H2,1H3. The molecule has 0 spiro atoms. The summed E-state index contributed by atoms with van der Waals surface area (Å²) in [4.78, 5) is 8.66. The molecule has 1 unspecified atom stereocenters. The van der Waals surface area contributed by atoms with Crippen LogP contribution in [0.4, 0.5) is 0 Å². The molecule has 1 aromatic heterocycles. The van der Waals surface area contributed by atoms with E-state index < -0.39 is 0 Å². The molecule has 2 heterocycles. The van der Waals surface area contributed by atoms with Gasteiger partial charge in [-0.3, -0.25) is 4.90 Å². The summed E-state index contributed by atoms with van der Waals surface area (Å²) >= 11 is 1.95. The summed E-state index contributed by atoms with van der Waals surface area (Å²) in [6.07, 6.45) is 7.63. The highest BCUT2D eigenvalue weighted by molar-refractivity contribution is 7.11. The van der Waals surface area contributed by atoms with E-state index in [0.717, 1.165) is 25.6 Å². The zero-order valence-corrected chi connectivity index (χ0v) is 12.0. The van der Waals surface area contributed by atoms with Crippen LogP contribution in [0.5, 0.6) is 0 Å². The number of nitrogens with one attached hydrogen (secondary N) is 1. The molecule has 0 amide bonds. The fourth-order valence-corrected chi connectivity index (χ4v) is 4.26. The van der Waals surface area contributed by atoms with E-state index in [2.05, 4.69) is 28.3 Å². The van der Waals surface area contributed by atoms with Crippen molar-refractivity contribution >= 4 is 11.3 Å². The summed E-state index contributed by atoms with van der Waals surface area (Å²) in [7, 11) is 0. The van der Waals surface area contributed by atoms with Gasteiger partial charge in [-0.2, -0.15) is 0 Å². The van der Waals surface area contributed by atoms with E-state index in [9.17, 15) is 0 Å². The molecule has 100 valence electrons. The molecule has 1 saturated heterocycles. The van der Waals surface area contributed by atoms with Gasteiger partial charge in [-0.25, -0.2) is 4.98 Å². The lowest BCUT2D eigenvalue weighted by Gasteiger charge is -2.31. The lowest BCUT2D eigenvalue weighted by molar-refractivity contribution is 0.201. The lowest BCUT2D eigenvalue weighted by Crippen LogP contribution is -2.48. The van der Waals surface area contributed by atoms with Crippen LogP contribution in [-0.4, -0.2) is 35.6 Å². The van der Waals surface area contributed by atoms with Gasteiger partial charge in [0.2, 0.25) is 0 Å². The topological polar surface area (TPSA) is 28.2 Å². The summed E-state index contributed by atoms with van der Waals surface area (Å²) in [6.45, 7) is 6.81. The number of nitrogens with zero attached hydrogens (tertiary/aromatic N) is 2. The zero-order chi connectivity index (χ0) is 12.4. The first-order chi connectivity index (χ1) is 8.81. The van der Waals surface area contributed by atoms with Crippen LogP contribution in [0, 0.1) is 0 Å². The summed E-state index contributed by atoms with van der Waals surface area (Å²) in [5, 5.41) is 4.89. The van der Waals surface area contributed by atoms with E-state index >= 15 is 0 Å². The minimum atomic E-state index is 0.626. The summed E-state index contributed by atoms with van der Waals surface area (Å²) in [6, 6.07) is 0.626. The van der Waals surface area contributed by atoms with Crippen molar-refractivity contribution in [3.63, 3.8) is 0 Å². The maximum absolute atomic E-state index is 4.66. The molecule has 0 aromatic carbocycles. The highest BCUT2D eigenvalue weighted by Crippen LogP contribution is 2.36. The molecule has 1 N–H and O–H groups in total. The Morgan fingerprint density at radius 3 is 3.06 bits per heavy atom. The highest BCUT2D eigenvalue weighted by Gasteiger charge is 2.21. The molecule has 3 rings (SSSR count). The van der Waals surface area contributed by atoms with Gasteiger partial charge >= 0.3 is 0 Å². The lowest BCUT2D eigenvalue weighted by atomic mass is 10.1. The molecule has 1 aliphatic heterocycles. The van der Waals surface area contributed by atoms with E-state index in [1.165, 1.54) is 42.1 Å². The molecule has 3 nitrogen and oxygen atoms in total. The van der Waals surface area contributed by atoms with Gasteiger partial charge in [0.1, 0.15) is 0 Å². The second kappa shape index (κ2) is 5.68. The average molecular weight is 265 g/mol. The van der Waals surface area contributed by atoms with Gasteiger partial charge in [0.05, 0.1) is 5.01 Å². The third-order valence-corrected chi connectivity index (χ3v) is 5.25. The second-order valence-corrected chi connectivity index (χ2v) is 6.88. The van der Waals surface area contributed by atoms with Crippen LogP contribution in [0.25, 0.3) is 0 Å². The summed E-state index contributed by atoms with van der Waals surface area (Å²) < 4.78 is 0. The Hall–Kier alpha value is -0.450. The van der Waals surface area contributed by atoms with Crippen molar-refractivity contribution in [2.24, 2.45) is 0 Å². The summed E-state index contributed by atoms with van der Waals surface area (Å²) in [5.74, 6) is 0.769. The van der Waals surface area contributed by atoms with Crippen molar-refractivity contribution < 1.29 is 0 Å². The molecule has 1 saturated carbocycles. The van der Waals surface area contributed by atoms with Gasteiger partial charge in [-0.05, 0) is 19.8 Å². The first-order valence-corrected chi connectivity index (χ1v) is 8.03.